The largest absolute Gasteiger partial charge is 0.473 e. The summed E-state index contributed by atoms with van der Waals surface area (Å²) in [5, 5.41) is 7.70. The number of nitrogens with one attached hydrogen (secondary N) is 1. The minimum atomic E-state index is 0.240. The lowest BCUT2D eigenvalue weighted by atomic mass is 10.3. The molecule has 0 bridgehead atoms. The van der Waals surface area contributed by atoms with Crippen molar-refractivity contribution in [3.63, 3.8) is 0 Å². The lowest BCUT2D eigenvalue weighted by Gasteiger charge is -2.13. The Labute approximate surface area is 99.8 Å². The SMILES string of the molecule is Cc1cc(OC2CCNC2)n2nc(C)cc2n1. The van der Waals surface area contributed by atoms with Gasteiger partial charge in [0.05, 0.1) is 5.69 Å². The first-order chi connectivity index (χ1) is 8.22. The lowest BCUT2D eigenvalue weighted by molar-refractivity contribution is 0.208. The first kappa shape index (κ1) is 10.5. The van der Waals surface area contributed by atoms with Crippen LogP contribution in [0.1, 0.15) is 17.8 Å². The molecule has 1 unspecified atom stereocenters. The Morgan fingerprint density at radius 1 is 1.35 bits per heavy atom. The molecule has 1 aliphatic heterocycles. The smallest absolute Gasteiger partial charge is 0.218 e. The fourth-order valence-corrected chi connectivity index (χ4v) is 2.16. The van der Waals surface area contributed by atoms with Crippen LogP contribution >= 0.6 is 0 Å². The summed E-state index contributed by atoms with van der Waals surface area (Å²) in [4.78, 5) is 4.44. The van der Waals surface area contributed by atoms with Crippen molar-refractivity contribution in [2.75, 3.05) is 13.1 Å². The molecule has 0 spiro atoms. The van der Waals surface area contributed by atoms with Gasteiger partial charge in [-0.3, -0.25) is 0 Å². The zero-order valence-corrected chi connectivity index (χ0v) is 10.1. The maximum atomic E-state index is 5.98. The van der Waals surface area contributed by atoms with Crippen molar-refractivity contribution in [3.05, 3.63) is 23.5 Å². The fourth-order valence-electron chi connectivity index (χ4n) is 2.16. The van der Waals surface area contributed by atoms with E-state index in [1.807, 2.05) is 26.0 Å². The number of hydrogen-bond donors (Lipinski definition) is 1. The molecule has 1 atom stereocenters. The molecule has 0 amide bonds. The summed E-state index contributed by atoms with van der Waals surface area (Å²) in [6.07, 6.45) is 1.29. The average Bonchev–Trinajstić information content (AvgIpc) is 2.86. The number of fused-ring (bicyclic) bond motifs is 1. The van der Waals surface area contributed by atoms with Gasteiger partial charge in [-0.1, -0.05) is 0 Å². The number of hydrogen-bond acceptors (Lipinski definition) is 4. The number of ether oxygens (including phenoxy) is 1. The summed E-state index contributed by atoms with van der Waals surface area (Å²) in [5.41, 5.74) is 2.76. The Morgan fingerprint density at radius 3 is 3.00 bits per heavy atom. The topological polar surface area (TPSA) is 51.5 Å². The van der Waals surface area contributed by atoms with E-state index in [1.165, 1.54) is 0 Å². The average molecular weight is 232 g/mol. The van der Waals surface area contributed by atoms with Crippen LogP contribution in [-0.4, -0.2) is 33.8 Å². The summed E-state index contributed by atoms with van der Waals surface area (Å²) in [5.74, 6) is 0.786. The van der Waals surface area contributed by atoms with Gasteiger partial charge in [0.25, 0.3) is 0 Å². The Bertz CT molecular complexity index is 543. The van der Waals surface area contributed by atoms with Crippen LogP contribution in [0.15, 0.2) is 12.1 Å². The highest BCUT2D eigenvalue weighted by atomic mass is 16.5. The van der Waals surface area contributed by atoms with E-state index >= 15 is 0 Å². The number of aryl methyl sites for hydroxylation is 2. The summed E-state index contributed by atoms with van der Waals surface area (Å²) < 4.78 is 7.76. The zero-order chi connectivity index (χ0) is 11.8. The first-order valence-electron chi connectivity index (χ1n) is 5.94. The van der Waals surface area contributed by atoms with E-state index in [9.17, 15) is 0 Å². The van der Waals surface area contributed by atoms with E-state index in [-0.39, 0.29) is 6.10 Å². The van der Waals surface area contributed by atoms with E-state index in [0.29, 0.717) is 0 Å². The Balaban J connectivity index is 2.01. The molecule has 17 heavy (non-hydrogen) atoms. The van der Waals surface area contributed by atoms with Crippen molar-refractivity contribution in [1.29, 1.82) is 0 Å². The minimum absolute atomic E-state index is 0.240. The van der Waals surface area contributed by atoms with Crippen molar-refractivity contribution >= 4 is 5.65 Å². The summed E-state index contributed by atoms with van der Waals surface area (Å²) >= 11 is 0. The summed E-state index contributed by atoms with van der Waals surface area (Å²) in [6.45, 7) is 5.87. The van der Waals surface area contributed by atoms with Gasteiger partial charge in [0.2, 0.25) is 5.88 Å². The number of rotatable bonds is 2. The molecule has 2 aromatic heterocycles. The predicted octanol–water partition coefficient (Wildman–Crippen LogP) is 1.09. The van der Waals surface area contributed by atoms with Crippen LogP contribution in [0.2, 0.25) is 0 Å². The van der Waals surface area contributed by atoms with Gasteiger partial charge in [-0.15, -0.1) is 0 Å². The van der Waals surface area contributed by atoms with Crippen LogP contribution in [-0.2, 0) is 0 Å². The molecule has 0 aromatic carbocycles. The van der Waals surface area contributed by atoms with E-state index in [2.05, 4.69) is 15.4 Å². The van der Waals surface area contributed by atoms with Gasteiger partial charge in [-0.2, -0.15) is 9.61 Å². The molecule has 90 valence electrons. The molecule has 3 heterocycles. The van der Waals surface area contributed by atoms with Gasteiger partial charge in [0.1, 0.15) is 6.10 Å². The quantitative estimate of drug-likeness (QED) is 0.842. The number of nitrogens with zero attached hydrogens (tertiary/aromatic N) is 3. The van der Waals surface area contributed by atoms with Gasteiger partial charge in [0, 0.05) is 24.4 Å². The van der Waals surface area contributed by atoms with Gasteiger partial charge in [-0.25, -0.2) is 4.98 Å². The van der Waals surface area contributed by atoms with E-state index in [4.69, 9.17) is 4.74 Å². The molecule has 5 nitrogen and oxygen atoms in total. The van der Waals surface area contributed by atoms with Crippen LogP contribution in [0.3, 0.4) is 0 Å². The normalized spacial score (nSPS) is 20.0. The standard InChI is InChI=1S/C12H16N4O/c1-8-6-12(17-10-3-4-13-7-10)16-11(14-8)5-9(2)15-16/h5-6,10,13H,3-4,7H2,1-2H3. The van der Waals surface area contributed by atoms with Crippen molar-refractivity contribution < 1.29 is 4.74 Å². The van der Waals surface area contributed by atoms with E-state index < -0.39 is 0 Å². The van der Waals surface area contributed by atoms with Crippen molar-refractivity contribution in [2.45, 2.75) is 26.4 Å². The van der Waals surface area contributed by atoms with Crippen molar-refractivity contribution in [2.24, 2.45) is 0 Å². The van der Waals surface area contributed by atoms with Crippen molar-refractivity contribution in [3.8, 4) is 5.88 Å². The molecule has 5 heteroatoms. The second kappa shape index (κ2) is 4.00. The van der Waals surface area contributed by atoms with Crippen LogP contribution < -0.4 is 10.1 Å². The van der Waals surface area contributed by atoms with Gasteiger partial charge in [-0.05, 0) is 26.8 Å². The zero-order valence-electron chi connectivity index (χ0n) is 10.1. The molecular weight excluding hydrogens is 216 g/mol. The predicted molar refractivity (Wildman–Crippen MR) is 64.4 cm³/mol. The molecular formula is C12H16N4O. The summed E-state index contributed by atoms with van der Waals surface area (Å²) in [7, 11) is 0. The maximum Gasteiger partial charge on any atom is 0.218 e. The highest BCUT2D eigenvalue weighted by molar-refractivity contribution is 5.43. The van der Waals surface area contributed by atoms with Crippen LogP contribution in [0.4, 0.5) is 0 Å². The Kier molecular flexibility index (Phi) is 2.48. The van der Waals surface area contributed by atoms with Gasteiger partial charge < -0.3 is 10.1 Å². The Morgan fingerprint density at radius 2 is 2.24 bits per heavy atom. The van der Waals surface area contributed by atoms with Gasteiger partial charge >= 0.3 is 0 Å². The van der Waals surface area contributed by atoms with Crippen LogP contribution in [0, 0.1) is 13.8 Å². The van der Waals surface area contributed by atoms with Crippen LogP contribution in [0.25, 0.3) is 5.65 Å². The minimum Gasteiger partial charge on any atom is -0.473 e. The molecule has 2 aromatic rings. The summed E-state index contributed by atoms with van der Waals surface area (Å²) in [6, 6.07) is 3.91. The molecule has 1 fully saturated rings. The Hall–Kier alpha value is -1.62. The second-order valence-corrected chi connectivity index (χ2v) is 4.52. The fraction of sp³-hybridized carbons (Fsp3) is 0.500. The van der Waals surface area contributed by atoms with Crippen LogP contribution in [0.5, 0.6) is 5.88 Å². The van der Waals surface area contributed by atoms with Gasteiger partial charge in [0.15, 0.2) is 5.65 Å². The van der Waals surface area contributed by atoms with Crippen molar-refractivity contribution in [1.82, 2.24) is 19.9 Å². The third kappa shape index (κ3) is 1.98. The molecule has 0 radical (unpaired) electrons. The highest BCUT2D eigenvalue weighted by Gasteiger charge is 2.18. The molecule has 1 saturated heterocycles. The lowest BCUT2D eigenvalue weighted by Crippen LogP contribution is -2.21. The molecule has 3 rings (SSSR count). The second-order valence-electron chi connectivity index (χ2n) is 4.52. The monoisotopic (exact) mass is 232 g/mol. The van der Waals surface area contributed by atoms with E-state index in [1.54, 1.807) is 4.52 Å². The molecule has 1 aliphatic rings. The molecule has 0 saturated carbocycles. The highest BCUT2D eigenvalue weighted by Crippen LogP contribution is 2.18. The molecule has 0 aliphatic carbocycles. The third-order valence-electron chi connectivity index (χ3n) is 2.95. The third-order valence-corrected chi connectivity index (χ3v) is 2.95. The number of aromatic nitrogens is 3. The first-order valence-corrected chi connectivity index (χ1v) is 5.94. The van der Waals surface area contributed by atoms with E-state index in [0.717, 1.165) is 42.4 Å². The maximum absolute atomic E-state index is 5.98. The molecule has 1 N–H and O–H groups in total.